The Morgan fingerprint density at radius 1 is 1.21 bits per heavy atom. The number of hydrogen-bond donors (Lipinski definition) is 1. The van der Waals surface area contributed by atoms with Crippen LogP contribution in [-0.4, -0.2) is 57.9 Å². The number of nitro benzene ring substituents is 1. The molecule has 2 aromatic rings. The Hall–Kier alpha value is -2.56. The van der Waals surface area contributed by atoms with Crippen molar-refractivity contribution in [1.82, 2.24) is 4.31 Å². The van der Waals surface area contributed by atoms with E-state index in [2.05, 4.69) is 0 Å². The number of piperazine rings is 1. The summed E-state index contributed by atoms with van der Waals surface area (Å²) in [5.41, 5.74) is 0.283. The van der Waals surface area contributed by atoms with Gasteiger partial charge in [-0.25, -0.2) is 12.8 Å². The lowest BCUT2D eigenvalue weighted by Crippen LogP contribution is -3.12. The van der Waals surface area contributed by atoms with Crippen LogP contribution in [-0.2, 0) is 16.6 Å². The molecule has 0 bridgehead atoms. The minimum Gasteiger partial charge on any atom is -0.365 e. The van der Waals surface area contributed by atoms with Gasteiger partial charge in [0.1, 0.15) is 11.5 Å². The first-order valence-corrected chi connectivity index (χ1v) is 10.7. The van der Waals surface area contributed by atoms with E-state index in [9.17, 15) is 22.9 Å². The third kappa shape index (κ3) is 4.55. The third-order valence-electron chi connectivity index (χ3n) is 5.13. The van der Waals surface area contributed by atoms with Gasteiger partial charge >= 0.3 is 0 Å². The van der Waals surface area contributed by atoms with Gasteiger partial charge in [0.25, 0.3) is 5.69 Å². The van der Waals surface area contributed by atoms with Gasteiger partial charge in [0.15, 0.2) is 0 Å². The Morgan fingerprint density at radius 2 is 1.86 bits per heavy atom. The first-order valence-electron chi connectivity index (χ1n) is 9.24. The molecule has 1 fully saturated rings. The van der Waals surface area contributed by atoms with E-state index in [0.717, 1.165) is 6.07 Å². The Kier molecular flexibility index (Phi) is 6.15. The first-order chi connectivity index (χ1) is 13.7. The van der Waals surface area contributed by atoms with Gasteiger partial charge in [0.2, 0.25) is 10.0 Å². The van der Waals surface area contributed by atoms with Crippen molar-refractivity contribution in [3.63, 3.8) is 0 Å². The number of nitrogens with one attached hydrogen (secondary N) is 1. The Balaban J connectivity index is 1.91. The lowest BCUT2D eigenvalue weighted by atomic mass is 10.2. The highest BCUT2D eigenvalue weighted by atomic mass is 32.2. The summed E-state index contributed by atoms with van der Waals surface area (Å²) in [6, 6.07) is 10.1. The van der Waals surface area contributed by atoms with Crippen molar-refractivity contribution in [2.24, 2.45) is 0 Å². The number of rotatable bonds is 6. The zero-order valence-corrected chi connectivity index (χ0v) is 17.2. The predicted octanol–water partition coefficient (Wildman–Crippen LogP) is 0.889. The van der Waals surface area contributed by atoms with Crippen molar-refractivity contribution in [2.45, 2.75) is 11.4 Å². The number of hydrogen-bond acceptors (Lipinski definition) is 5. The molecule has 1 saturated heterocycles. The van der Waals surface area contributed by atoms with Crippen LogP contribution in [0.4, 0.5) is 15.8 Å². The molecule has 0 amide bonds. The number of quaternary nitrogens is 1. The number of benzene rings is 2. The zero-order valence-electron chi connectivity index (χ0n) is 16.3. The van der Waals surface area contributed by atoms with Crippen molar-refractivity contribution >= 4 is 21.4 Å². The van der Waals surface area contributed by atoms with E-state index < -0.39 is 20.8 Å². The van der Waals surface area contributed by atoms with Crippen molar-refractivity contribution < 1.29 is 22.6 Å². The molecule has 29 heavy (non-hydrogen) atoms. The average molecular weight is 423 g/mol. The molecule has 156 valence electrons. The van der Waals surface area contributed by atoms with E-state index >= 15 is 0 Å². The van der Waals surface area contributed by atoms with Gasteiger partial charge in [0.05, 0.1) is 43.0 Å². The predicted molar refractivity (Wildman–Crippen MR) is 107 cm³/mol. The molecule has 0 aromatic heterocycles. The zero-order chi connectivity index (χ0) is 21.2. The molecule has 0 saturated carbocycles. The fourth-order valence-corrected chi connectivity index (χ4v) is 4.82. The van der Waals surface area contributed by atoms with Gasteiger partial charge in [-0.05, 0) is 18.2 Å². The molecule has 1 heterocycles. The molecule has 8 nitrogen and oxygen atoms in total. The molecule has 0 unspecified atom stereocenters. The van der Waals surface area contributed by atoms with Crippen LogP contribution in [0.25, 0.3) is 0 Å². The number of halogens is 1. The van der Waals surface area contributed by atoms with Crippen LogP contribution < -0.4 is 9.80 Å². The summed E-state index contributed by atoms with van der Waals surface area (Å²) in [5.74, 6) is -0.404. The fourth-order valence-electron chi connectivity index (χ4n) is 3.36. The highest BCUT2D eigenvalue weighted by Crippen LogP contribution is 2.32. The van der Waals surface area contributed by atoms with Crippen LogP contribution in [0.3, 0.4) is 0 Å². The topological polar surface area (TPSA) is 88.2 Å². The van der Waals surface area contributed by atoms with E-state index in [4.69, 9.17) is 0 Å². The van der Waals surface area contributed by atoms with Gasteiger partial charge in [0, 0.05) is 25.2 Å². The molecule has 2 aromatic carbocycles. The molecule has 3 rings (SSSR count). The molecule has 0 radical (unpaired) electrons. The summed E-state index contributed by atoms with van der Waals surface area (Å²) in [6.45, 7) is 2.23. The summed E-state index contributed by atoms with van der Waals surface area (Å²) in [6.07, 6.45) is 0. The molecule has 0 atom stereocenters. The van der Waals surface area contributed by atoms with Crippen molar-refractivity contribution in [3.05, 3.63) is 64.0 Å². The second-order valence-electron chi connectivity index (χ2n) is 7.22. The van der Waals surface area contributed by atoms with Crippen molar-refractivity contribution in [3.8, 4) is 0 Å². The fraction of sp³-hybridized carbons (Fsp3) is 0.368. The number of anilines is 1. The lowest BCUT2D eigenvalue weighted by Gasteiger charge is -2.29. The Labute approximate surface area is 169 Å². The number of sulfonamides is 1. The summed E-state index contributed by atoms with van der Waals surface area (Å²) in [7, 11) is -0.214. The maximum Gasteiger partial charge on any atom is 0.293 e. The molecule has 0 spiro atoms. The second-order valence-corrected chi connectivity index (χ2v) is 9.15. The van der Waals surface area contributed by atoms with E-state index in [0.29, 0.717) is 31.7 Å². The smallest absolute Gasteiger partial charge is 0.293 e. The molecular formula is C19H24FN4O4S+. The highest BCUT2D eigenvalue weighted by Gasteiger charge is 2.31. The number of nitrogens with zero attached hydrogens (tertiary/aromatic N) is 3. The monoisotopic (exact) mass is 423 g/mol. The van der Waals surface area contributed by atoms with E-state index in [1.807, 2.05) is 7.05 Å². The van der Waals surface area contributed by atoms with E-state index in [1.54, 1.807) is 25.2 Å². The van der Waals surface area contributed by atoms with Gasteiger partial charge < -0.3 is 9.80 Å². The lowest BCUT2D eigenvalue weighted by molar-refractivity contribution is -0.883. The maximum absolute atomic E-state index is 13.9. The van der Waals surface area contributed by atoms with Crippen LogP contribution >= 0.6 is 0 Å². The van der Waals surface area contributed by atoms with Crippen LogP contribution in [0.1, 0.15) is 5.56 Å². The normalized spacial score (nSPS) is 16.0. The third-order valence-corrected chi connectivity index (χ3v) is 7.03. The average Bonchev–Trinajstić information content (AvgIpc) is 2.69. The van der Waals surface area contributed by atoms with Crippen molar-refractivity contribution in [2.75, 3.05) is 45.2 Å². The molecule has 1 N–H and O–H groups in total. The Bertz CT molecular complexity index is 1010. The maximum atomic E-state index is 13.9. The number of likely N-dealkylation sites (N-methyl/N-ethyl adjacent to an activating group) is 1. The Morgan fingerprint density at radius 3 is 2.48 bits per heavy atom. The van der Waals surface area contributed by atoms with Crippen LogP contribution in [0.15, 0.2) is 47.4 Å². The molecule has 1 aliphatic heterocycles. The molecule has 1 aliphatic rings. The minimum atomic E-state index is -3.81. The standard InChI is InChI=1S/C19H23FN4O4S/c1-21-9-11-23(12-10-21)29(27,28)16-7-8-18(19(13-16)24(25)26)22(2)14-15-5-3-4-6-17(15)20/h3-8,13H,9-12,14H2,1-2H3/p+1. The SMILES string of the molecule is CN(Cc1ccccc1F)c1ccc(S(=O)(=O)N2CC[NH+](C)CC2)cc1[N+](=O)[O-]. The van der Waals surface area contributed by atoms with Crippen LogP contribution in [0.5, 0.6) is 0 Å². The first kappa shape index (κ1) is 21.2. The molecule has 10 heteroatoms. The van der Waals surface area contributed by atoms with E-state index in [1.165, 1.54) is 32.3 Å². The van der Waals surface area contributed by atoms with E-state index in [-0.39, 0.29) is 22.8 Å². The van der Waals surface area contributed by atoms with Gasteiger partial charge in [-0.3, -0.25) is 10.1 Å². The summed E-state index contributed by atoms with van der Waals surface area (Å²) in [5, 5.41) is 11.6. The van der Waals surface area contributed by atoms with Gasteiger partial charge in [-0.1, -0.05) is 18.2 Å². The summed E-state index contributed by atoms with van der Waals surface area (Å²) in [4.78, 5) is 13.7. The molecule has 0 aliphatic carbocycles. The largest absolute Gasteiger partial charge is 0.365 e. The quantitative estimate of drug-likeness (QED) is 0.551. The van der Waals surface area contributed by atoms with Gasteiger partial charge in [-0.15, -0.1) is 0 Å². The van der Waals surface area contributed by atoms with Crippen LogP contribution in [0, 0.1) is 15.9 Å². The second kappa shape index (κ2) is 8.44. The van der Waals surface area contributed by atoms with Crippen LogP contribution in [0.2, 0.25) is 0 Å². The summed E-state index contributed by atoms with van der Waals surface area (Å²) < 4.78 is 41.1. The molecular weight excluding hydrogens is 399 g/mol. The van der Waals surface area contributed by atoms with Gasteiger partial charge in [-0.2, -0.15) is 4.31 Å². The highest BCUT2D eigenvalue weighted by molar-refractivity contribution is 7.89. The number of nitro groups is 1. The van der Waals surface area contributed by atoms with Crippen molar-refractivity contribution in [1.29, 1.82) is 0 Å². The minimum absolute atomic E-state index is 0.105. The summed E-state index contributed by atoms with van der Waals surface area (Å²) >= 11 is 0.